The molecule has 1 aromatic rings. The average Bonchev–Trinajstić information content (AvgIpc) is 2.71. The number of carbonyl (C=O) groups is 1. The lowest BCUT2D eigenvalue weighted by Gasteiger charge is -2.32. The normalized spacial score (nSPS) is 21.5. The van der Waals surface area contributed by atoms with E-state index in [2.05, 4.69) is 0 Å². The summed E-state index contributed by atoms with van der Waals surface area (Å²) in [7, 11) is 1.47. The van der Waals surface area contributed by atoms with Crippen LogP contribution >= 0.6 is 0 Å². The van der Waals surface area contributed by atoms with Gasteiger partial charge in [-0.05, 0) is 31.5 Å². The van der Waals surface area contributed by atoms with Crippen molar-refractivity contribution in [3.05, 3.63) is 41.5 Å². The predicted octanol–water partition coefficient (Wildman–Crippen LogP) is 2.91. The molecule has 0 aromatic heterocycles. The van der Waals surface area contributed by atoms with Crippen LogP contribution in [0, 0.1) is 0 Å². The molecule has 118 valence electrons. The molecule has 2 rings (SSSR count). The van der Waals surface area contributed by atoms with Gasteiger partial charge in [-0.3, -0.25) is 4.79 Å². The van der Waals surface area contributed by atoms with Crippen LogP contribution in [0.2, 0.25) is 0 Å². The van der Waals surface area contributed by atoms with E-state index >= 15 is 0 Å². The summed E-state index contributed by atoms with van der Waals surface area (Å²) >= 11 is 0. The number of amides is 1. The summed E-state index contributed by atoms with van der Waals surface area (Å²) in [6.45, 7) is 3.98. The van der Waals surface area contributed by atoms with Gasteiger partial charge in [0.1, 0.15) is 5.72 Å². The van der Waals surface area contributed by atoms with Crippen LogP contribution in [0.3, 0.4) is 0 Å². The number of halogens is 3. The molecule has 1 heterocycles. The summed E-state index contributed by atoms with van der Waals surface area (Å²) in [4.78, 5) is 13.3. The fourth-order valence-corrected chi connectivity index (χ4v) is 2.59. The summed E-state index contributed by atoms with van der Waals surface area (Å²) in [6, 6.07) is 4.65. The van der Waals surface area contributed by atoms with Crippen LogP contribution in [0.1, 0.15) is 25.0 Å². The van der Waals surface area contributed by atoms with Gasteiger partial charge in [0, 0.05) is 0 Å². The maximum atomic E-state index is 12.5. The van der Waals surface area contributed by atoms with Crippen LogP contribution in [0.5, 0.6) is 0 Å². The first-order valence-electron chi connectivity index (χ1n) is 6.90. The summed E-state index contributed by atoms with van der Waals surface area (Å²) in [6.07, 6.45) is -0.860. The molecule has 0 N–H and O–H groups in total. The average molecular weight is 311 g/mol. The van der Waals surface area contributed by atoms with Crippen molar-refractivity contribution in [2.75, 3.05) is 6.61 Å². The monoisotopic (exact) mass is 311 g/mol. The minimum atomic E-state index is -4.34. The second-order valence-corrected chi connectivity index (χ2v) is 5.69. The number of carbonyl (C=O) groups excluding carboxylic acids is 1. The number of hydrogen-bond acceptors (Lipinski definition) is 2. The summed E-state index contributed by atoms with van der Waals surface area (Å²) in [5.74, 6) is -0.107. The Morgan fingerprint density at radius 1 is 1.36 bits per heavy atom. The summed E-state index contributed by atoms with van der Waals surface area (Å²) in [5, 5.41) is 0. The number of benzene rings is 1. The van der Waals surface area contributed by atoms with Gasteiger partial charge < -0.3 is 9.64 Å². The van der Waals surface area contributed by atoms with E-state index in [0.717, 1.165) is 12.1 Å². The van der Waals surface area contributed by atoms with Crippen molar-refractivity contribution in [3.8, 4) is 0 Å². The Balaban J connectivity index is 2.13. The number of nitrogens with zero attached hydrogens (tertiary/aromatic N) is 1. The topological polar surface area (TPSA) is 29.5 Å². The smallest absolute Gasteiger partial charge is 0.354 e. The van der Waals surface area contributed by atoms with E-state index in [0.29, 0.717) is 12.2 Å². The highest BCUT2D eigenvalue weighted by atomic mass is 19.4. The SMILES string of the molecule is BC(=O)N1[C@H](/C=C/c2ccc(C(F)(F)F)cc2)COC1(C)C. The lowest BCUT2D eigenvalue weighted by Crippen LogP contribution is -2.46. The highest BCUT2D eigenvalue weighted by molar-refractivity contribution is 6.57. The standard InChI is InChI=1S/C15H17BF3NO2/c1-14(2)20(13(16)21)12(9-22-14)8-5-10-3-6-11(7-4-10)15(17,18)19/h3-8,12H,9,16H2,1-2H3/b8-5+/t12-/m1/s1. The minimum absolute atomic E-state index is 0.107. The molecule has 0 unspecified atom stereocenters. The Morgan fingerprint density at radius 3 is 2.45 bits per heavy atom. The van der Waals surface area contributed by atoms with Gasteiger partial charge in [0.2, 0.25) is 7.85 Å². The Hall–Kier alpha value is -1.76. The van der Waals surface area contributed by atoms with E-state index in [1.807, 2.05) is 0 Å². The third-order valence-corrected chi connectivity index (χ3v) is 3.61. The molecule has 1 fully saturated rings. The molecule has 1 aliphatic heterocycles. The second-order valence-electron chi connectivity index (χ2n) is 5.69. The number of hydrogen-bond donors (Lipinski definition) is 0. The van der Waals surface area contributed by atoms with Crippen molar-refractivity contribution < 1.29 is 22.7 Å². The maximum absolute atomic E-state index is 12.5. The predicted molar refractivity (Wildman–Crippen MR) is 80.1 cm³/mol. The Bertz CT molecular complexity index is 581. The zero-order valence-corrected chi connectivity index (χ0v) is 12.6. The fourth-order valence-electron chi connectivity index (χ4n) is 2.59. The molecular formula is C15H17BF3NO2. The molecule has 1 aliphatic rings. The molecule has 0 spiro atoms. The number of alkyl halides is 3. The minimum Gasteiger partial charge on any atom is -0.354 e. The van der Waals surface area contributed by atoms with Gasteiger partial charge in [0.25, 0.3) is 0 Å². The maximum Gasteiger partial charge on any atom is 0.416 e. The van der Waals surface area contributed by atoms with E-state index in [4.69, 9.17) is 4.74 Å². The molecule has 1 atom stereocenters. The summed E-state index contributed by atoms with van der Waals surface area (Å²) < 4.78 is 43.1. The van der Waals surface area contributed by atoms with Crippen molar-refractivity contribution in [2.24, 2.45) is 0 Å². The largest absolute Gasteiger partial charge is 0.416 e. The van der Waals surface area contributed by atoms with Crippen molar-refractivity contribution in [1.82, 2.24) is 4.90 Å². The zero-order valence-electron chi connectivity index (χ0n) is 12.6. The van der Waals surface area contributed by atoms with E-state index in [1.165, 1.54) is 20.0 Å². The van der Waals surface area contributed by atoms with Crippen LogP contribution in [-0.2, 0) is 10.9 Å². The van der Waals surface area contributed by atoms with E-state index in [-0.39, 0.29) is 11.8 Å². The van der Waals surface area contributed by atoms with Gasteiger partial charge in [-0.15, -0.1) is 0 Å². The van der Waals surface area contributed by atoms with E-state index in [9.17, 15) is 18.0 Å². The third-order valence-electron chi connectivity index (χ3n) is 3.61. The molecular weight excluding hydrogens is 294 g/mol. The van der Waals surface area contributed by atoms with E-state index in [1.54, 1.807) is 30.9 Å². The molecule has 0 radical (unpaired) electrons. The molecule has 0 bridgehead atoms. The zero-order chi connectivity index (χ0) is 16.5. The number of ether oxygens (including phenoxy) is 1. The Labute approximate surface area is 128 Å². The van der Waals surface area contributed by atoms with Crippen molar-refractivity contribution in [1.29, 1.82) is 0 Å². The highest BCUT2D eigenvalue weighted by Gasteiger charge is 2.40. The van der Waals surface area contributed by atoms with Gasteiger partial charge in [0.05, 0.1) is 18.2 Å². The Kier molecular flexibility index (Phi) is 4.38. The molecule has 22 heavy (non-hydrogen) atoms. The van der Waals surface area contributed by atoms with Crippen LogP contribution < -0.4 is 0 Å². The fraction of sp³-hybridized carbons (Fsp3) is 0.400. The van der Waals surface area contributed by atoms with Crippen LogP contribution in [0.25, 0.3) is 6.08 Å². The van der Waals surface area contributed by atoms with Crippen LogP contribution in [0.15, 0.2) is 30.3 Å². The third kappa shape index (κ3) is 3.52. The molecule has 1 amide bonds. The van der Waals surface area contributed by atoms with Gasteiger partial charge in [-0.25, -0.2) is 0 Å². The quantitative estimate of drug-likeness (QED) is 0.786. The number of rotatable bonds is 2. The first-order chi connectivity index (χ1) is 10.1. The van der Waals surface area contributed by atoms with Crippen molar-refractivity contribution in [2.45, 2.75) is 31.8 Å². The first kappa shape index (κ1) is 16.6. The molecule has 7 heteroatoms. The van der Waals surface area contributed by atoms with Crippen molar-refractivity contribution in [3.63, 3.8) is 0 Å². The van der Waals surface area contributed by atoms with E-state index < -0.39 is 17.5 Å². The second kappa shape index (κ2) is 5.80. The molecule has 0 saturated carbocycles. The van der Waals surface area contributed by atoms with Gasteiger partial charge >= 0.3 is 6.18 Å². The molecule has 1 saturated heterocycles. The Morgan fingerprint density at radius 2 is 1.95 bits per heavy atom. The molecule has 1 aromatic carbocycles. The van der Waals surface area contributed by atoms with Gasteiger partial charge in [0.15, 0.2) is 5.81 Å². The molecule has 3 nitrogen and oxygen atoms in total. The van der Waals surface area contributed by atoms with Crippen LogP contribution in [0.4, 0.5) is 18.0 Å². The molecule has 0 aliphatic carbocycles. The first-order valence-corrected chi connectivity index (χ1v) is 6.90. The lowest BCUT2D eigenvalue weighted by molar-refractivity contribution is -0.137. The van der Waals surface area contributed by atoms with Crippen molar-refractivity contribution >= 4 is 19.7 Å². The lowest BCUT2D eigenvalue weighted by atomic mass is 10.0. The van der Waals surface area contributed by atoms with Gasteiger partial charge in [-0.2, -0.15) is 13.2 Å². The summed E-state index contributed by atoms with van der Waals surface area (Å²) in [5.41, 5.74) is -0.720. The van der Waals surface area contributed by atoms with Crippen LogP contribution in [-0.4, -0.2) is 36.9 Å². The highest BCUT2D eigenvalue weighted by Crippen LogP contribution is 2.30. The van der Waals surface area contributed by atoms with Gasteiger partial charge in [-0.1, -0.05) is 24.3 Å².